The van der Waals surface area contributed by atoms with E-state index in [2.05, 4.69) is 15.3 Å². The number of amides is 1. The van der Waals surface area contributed by atoms with Crippen LogP contribution in [0.5, 0.6) is 0 Å². The van der Waals surface area contributed by atoms with E-state index in [-0.39, 0.29) is 0 Å². The zero-order valence-electron chi connectivity index (χ0n) is 9.07. The quantitative estimate of drug-likeness (QED) is 0.512. The fourth-order valence-corrected chi connectivity index (χ4v) is 2.01. The number of nitrogens with zero attached hydrogens (tertiary/aromatic N) is 2. The minimum absolute atomic E-state index is 0.381. The number of rotatable bonds is 8. The number of carboxylic acids is 1. The topological polar surface area (TPSA) is 92.2 Å². The van der Waals surface area contributed by atoms with Crippen molar-refractivity contribution in [3.63, 3.8) is 0 Å². The monoisotopic (exact) mass is 255 g/mol. The van der Waals surface area contributed by atoms with Gasteiger partial charge >= 0.3 is 5.97 Å². The third kappa shape index (κ3) is 5.30. The predicted octanol–water partition coefficient (Wildman–Crippen LogP) is 0.299. The van der Waals surface area contributed by atoms with Crippen LogP contribution in [-0.4, -0.2) is 39.2 Å². The number of carbonyl (C=O) groups excluding carboxylic acids is 1. The molecule has 0 aliphatic carbocycles. The van der Waals surface area contributed by atoms with Gasteiger partial charge in [0.15, 0.2) is 0 Å². The van der Waals surface area contributed by atoms with E-state index >= 15 is 0 Å². The number of aliphatic carboxylic acids is 1. The Balaban J connectivity index is 2.23. The third-order valence-corrected chi connectivity index (χ3v) is 2.96. The summed E-state index contributed by atoms with van der Waals surface area (Å²) in [6.45, 7) is 0. The highest BCUT2D eigenvalue weighted by molar-refractivity contribution is 7.98. The summed E-state index contributed by atoms with van der Waals surface area (Å²) in [6, 6.07) is 0.916. The van der Waals surface area contributed by atoms with Crippen LogP contribution in [0, 0.1) is 0 Å². The minimum Gasteiger partial charge on any atom is -0.480 e. The molecule has 1 unspecified atom stereocenters. The van der Waals surface area contributed by atoms with Crippen LogP contribution in [0.3, 0.4) is 0 Å². The van der Waals surface area contributed by atoms with Gasteiger partial charge in [-0.1, -0.05) is 0 Å². The van der Waals surface area contributed by atoms with E-state index in [1.54, 1.807) is 18.5 Å². The van der Waals surface area contributed by atoms with Crippen LogP contribution in [0.2, 0.25) is 0 Å². The van der Waals surface area contributed by atoms with Crippen molar-refractivity contribution in [3.8, 4) is 0 Å². The van der Waals surface area contributed by atoms with E-state index in [4.69, 9.17) is 5.11 Å². The molecule has 0 saturated carbocycles. The lowest BCUT2D eigenvalue weighted by atomic mass is 10.2. The van der Waals surface area contributed by atoms with Crippen LogP contribution >= 0.6 is 11.8 Å². The first kappa shape index (κ1) is 13.4. The van der Waals surface area contributed by atoms with Crippen LogP contribution in [-0.2, 0) is 15.3 Å². The van der Waals surface area contributed by atoms with Crippen molar-refractivity contribution in [1.29, 1.82) is 0 Å². The molecule has 2 N–H and O–H groups in total. The molecule has 0 spiro atoms. The zero-order valence-corrected chi connectivity index (χ0v) is 9.89. The van der Waals surface area contributed by atoms with Gasteiger partial charge < -0.3 is 10.4 Å². The Bertz CT molecular complexity index is 361. The Morgan fingerprint density at radius 1 is 1.53 bits per heavy atom. The van der Waals surface area contributed by atoms with Crippen LogP contribution in [0.4, 0.5) is 0 Å². The molecule has 0 radical (unpaired) electrons. The van der Waals surface area contributed by atoms with E-state index in [0.29, 0.717) is 30.2 Å². The number of hydrogen-bond acceptors (Lipinski definition) is 5. The Morgan fingerprint density at radius 3 is 2.82 bits per heavy atom. The van der Waals surface area contributed by atoms with Crippen molar-refractivity contribution in [2.75, 3.05) is 5.75 Å². The summed E-state index contributed by atoms with van der Waals surface area (Å²) in [5, 5.41) is 11.0. The Morgan fingerprint density at radius 2 is 2.24 bits per heavy atom. The SMILES string of the molecule is O=CNC(CCSCc1ncccn1)C(=O)O. The van der Waals surface area contributed by atoms with E-state index in [1.807, 2.05) is 0 Å². The van der Waals surface area contributed by atoms with Gasteiger partial charge in [0.1, 0.15) is 11.9 Å². The van der Waals surface area contributed by atoms with Crippen LogP contribution in [0.1, 0.15) is 12.2 Å². The van der Waals surface area contributed by atoms with Gasteiger partial charge in [-0.25, -0.2) is 14.8 Å². The zero-order chi connectivity index (χ0) is 12.5. The Labute approximate surface area is 103 Å². The maximum Gasteiger partial charge on any atom is 0.326 e. The number of hydrogen-bond donors (Lipinski definition) is 2. The number of thioether (sulfide) groups is 1. The highest BCUT2D eigenvalue weighted by atomic mass is 32.2. The maximum atomic E-state index is 10.7. The summed E-state index contributed by atoms with van der Waals surface area (Å²) in [5.41, 5.74) is 0. The van der Waals surface area contributed by atoms with E-state index in [0.717, 1.165) is 0 Å². The highest BCUT2D eigenvalue weighted by Crippen LogP contribution is 2.10. The van der Waals surface area contributed by atoms with Gasteiger partial charge in [-0.3, -0.25) is 4.79 Å². The first-order valence-corrected chi connectivity index (χ1v) is 6.15. The Kier molecular flexibility index (Phi) is 6.02. The molecule has 0 saturated heterocycles. The van der Waals surface area contributed by atoms with Crippen molar-refractivity contribution in [3.05, 3.63) is 24.3 Å². The van der Waals surface area contributed by atoms with Gasteiger partial charge in [-0.05, 0) is 18.2 Å². The molecule has 1 heterocycles. The van der Waals surface area contributed by atoms with E-state index in [1.165, 1.54) is 11.8 Å². The molecule has 7 heteroatoms. The number of carbonyl (C=O) groups is 2. The van der Waals surface area contributed by atoms with Crippen molar-refractivity contribution < 1.29 is 14.7 Å². The summed E-state index contributed by atoms with van der Waals surface area (Å²) < 4.78 is 0. The first-order valence-electron chi connectivity index (χ1n) is 5.00. The first-order chi connectivity index (χ1) is 8.24. The van der Waals surface area contributed by atoms with Gasteiger partial charge in [-0.15, -0.1) is 0 Å². The number of aromatic nitrogens is 2. The molecule has 17 heavy (non-hydrogen) atoms. The lowest BCUT2D eigenvalue weighted by Gasteiger charge is -2.09. The fourth-order valence-electron chi connectivity index (χ4n) is 1.13. The molecule has 0 aromatic carbocycles. The predicted molar refractivity (Wildman–Crippen MR) is 63.4 cm³/mol. The van der Waals surface area contributed by atoms with Crippen molar-refractivity contribution >= 4 is 24.1 Å². The standard InChI is InChI=1S/C10H13N3O3S/c14-7-13-8(10(15)16)2-5-17-6-9-11-3-1-4-12-9/h1,3-4,7-8H,2,5-6H2,(H,13,14)(H,15,16). The molecular weight excluding hydrogens is 242 g/mol. The smallest absolute Gasteiger partial charge is 0.326 e. The van der Waals surface area contributed by atoms with Gasteiger partial charge in [0.25, 0.3) is 0 Å². The molecule has 0 aliphatic rings. The summed E-state index contributed by atoms with van der Waals surface area (Å²) in [5.74, 6) is 0.950. The molecule has 1 rings (SSSR count). The Hall–Kier alpha value is -1.63. The lowest BCUT2D eigenvalue weighted by Crippen LogP contribution is -2.36. The minimum atomic E-state index is -1.02. The molecule has 92 valence electrons. The van der Waals surface area contributed by atoms with Crippen LogP contribution < -0.4 is 5.32 Å². The second-order valence-corrected chi connectivity index (χ2v) is 4.29. The maximum absolute atomic E-state index is 10.7. The average molecular weight is 255 g/mol. The number of nitrogens with one attached hydrogen (secondary N) is 1. The number of carboxylic acid groups (broad SMARTS) is 1. The average Bonchev–Trinajstić information content (AvgIpc) is 2.34. The fraction of sp³-hybridized carbons (Fsp3) is 0.400. The highest BCUT2D eigenvalue weighted by Gasteiger charge is 2.15. The van der Waals surface area contributed by atoms with Gasteiger partial charge in [0.2, 0.25) is 6.41 Å². The van der Waals surface area contributed by atoms with Crippen molar-refractivity contribution in [1.82, 2.24) is 15.3 Å². The van der Waals surface area contributed by atoms with Gasteiger partial charge in [0, 0.05) is 12.4 Å². The third-order valence-electron chi connectivity index (χ3n) is 1.97. The molecule has 0 aliphatic heterocycles. The summed E-state index contributed by atoms with van der Waals surface area (Å²) in [7, 11) is 0. The molecule has 0 fully saturated rings. The van der Waals surface area contributed by atoms with E-state index < -0.39 is 12.0 Å². The largest absolute Gasteiger partial charge is 0.480 e. The summed E-state index contributed by atoms with van der Waals surface area (Å²) in [4.78, 5) is 29.0. The van der Waals surface area contributed by atoms with Gasteiger partial charge in [0.05, 0.1) is 5.75 Å². The van der Waals surface area contributed by atoms with Crippen molar-refractivity contribution in [2.24, 2.45) is 0 Å². The van der Waals surface area contributed by atoms with E-state index in [9.17, 15) is 9.59 Å². The molecular formula is C10H13N3O3S. The molecule has 1 amide bonds. The lowest BCUT2D eigenvalue weighted by molar-refractivity contribution is -0.140. The van der Waals surface area contributed by atoms with Gasteiger partial charge in [-0.2, -0.15) is 11.8 Å². The molecule has 1 aromatic heterocycles. The van der Waals surface area contributed by atoms with Crippen molar-refractivity contribution in [2.45, 2.75) is 18.2 Å². The molecule has 0 bridgehead atoms. The van der Waals surface area contributed by atoms with Crippen LogP contribution in [0.15, 0.2) is 18.5 Å². The second kappa shape index (κ2) is 7.61. The van der Waals surface area contributed by atoms with Crippen LogP contribution in [0.25, 0.3) is 0 Å². The normalized spacial score (nSPS) is 11.8. The molecule has 1 atom stereocenters. The summed E-state index contributed by atoms with van der Waals surface area (Å²) in [6.07, 6.45) is 4.11. The molecule has 6 nitrogen and oxygen atoms in total. The molecule has 1 aromatic rings. The second-order valence-electron chi connectivity index (χ2n) is 3.18. The summed E-state index contributed by atoms with van der Waals surface area (Å²) >= 11 is 1.53.